The quantitative estimate of drug-likeness (QED) is 0.531. The molecule has 3 aromatic rings. The van der Waals surface area contributed by atoms with Crippen molar-refractivity contribution in [2.45, 2.75) is 10.8 Å². The zero-order valence-electron chi connectivity index (χ0n) is 9.34. The molecule has 18 heavy (non-hydrogen) atoms. The molecule has 0 atom stereocenters. The van der Waals surface area contributed by atoms with Gasteiger partial charge in [-0.2, -0.15) is 0 Å². The van der Waals surface area contributed by atoms with Crippen LogP contribution in [0.5, 0.6) is 0 Å². The Morgan fingerprint density at radius 2 is 2.06 bits per heavy atom. The molecule has 0 saturated heterocycles. The van der Waals surface area contributed by atoms with Crippen LogP contribution in [0.1, 0.15) is 5.56 Å². The highest BCUT2D eigenvalue weighted by molar-refractivity contribution is 7.98. The van der Waals surface area contributed by atoms with E-state index in [1.807, 2.05) is 17.5 Å². The van der Waals surface area contributed by atoms with Crippen molar-refractivity contribution in [2.75, 3.05) is 0 Å². The molecule has 2 heterocycles. The van der Waals surface area contributed by atoms with Crippen LogP contribution in [0.25, 0.3) is 10.2 Å². The van der Waals surface area contributed by atoms with E-state index < -0.39 is 0 Å². The predicted molar refractivity (Wildman–Crippen MR) is 73.4 cm³/mol. The summed E-state index contributed by atoms with van der Waals surface area (Å²) in [7, 11) is 0. The molecule has 0 spiro atoms. The maximum absolute atomic E-state index is 13.5. The lowest BCUT2D eigenvalue weighted by Crippen LogP contribution is -1.88. The zero-order valence-corrected chi connectivity index (χ0v) is 11.0. The Bertz CT molecular complexity index is 681. The monoisotopic (exact) mass is 276 g/mol. The molecule has 0 fully saturated rings. The number of benzene rings is 1. The van der Waals surface area contributed by atoms with Gasteiger partial charge in [-0.05, 0) is 23.1 Å². The van der Waals surface area contributed by atoms with Crippen LogP contribution in [0.15, 0.2) is 47.1 Å². The highest BCUT2D eigenvalue weighted by Crippen LogP contribution is 2.31. The van der Waals surface area contributed by atoms with Crippen LogP contribution < -0.4 is 0 Å². The molecule has 0 aliphatic rings. The molecule has 2 aromatic heterocycles. The molecule has 0 radical (unpaired) electrons. The van der Waals surface area contributed by atoms with Crippen LogP contribution in [-0.2, 0) is 5.75 Å². The predicted octanol–water partition coefficient (Wildman–Crippen LogP) is 4.12. The minimum Gasteiger partial charge on any atom is -0.235 e. The first-order chi connectivity index (χ1) is 8.84. The van der Waals surface area contributed by atoms with Gasteiger partial charge in [0.1, 0.15) is 17.2 Å². The normalized spacial score (nSPS) is 10.9. The van der Waals surface area contributed by atoms with Gasteiger partial charge in [0.05, 0.1) is 10.2 Å². The van der Waals surface area contributed by atoms with E-state index in [2.05, 4.69) is 9.97 Å². The molecule has 0 amide bonds. The molecule has 0 saturated carbocycles. The number of aromatic nitrogens is 2. The van der Waals surface area contributed by atoms with Crippen LogP contribution >= 0.6 is 23.1 Å². The Labute approximate surface area is 112 Å². The summed E-state index contributed by atoms with van der Waals surface area (Å²) in [5.74, 6) is 0.415. The van der Waals surface area contributed by atoms with Gasteiger partial charge in [0, 0.05) is 5.75 Å². The first kappa shape index (κ1) is 11.6. The zero-order chi connectivity index (χ0) is 12.4. The van der Waals surface area contributed by atoms with Gasteiger partial charge >= 0.3 is 0 Å². The summed E-state index contributed by atoms with van der Waals surface area (Å²) < 4.78 is 14.6. The van der Waals surface area contributed by atoms with E-state index in [0.29, 0.717) is 11.3 Å². The summed E-state index contributed by atoms with van der Waals surface area (Å²) in [5, 5.41) is 2.91. The van der Waals surface area contributed by atoms with Gasteiger partial charge in [0.15, 0.2) is 0 Å². The van der Waals surface area contributed by atoms with Crippen LogP contribution in [0.3, 0.4) is 0 Å². The smallest absolute Gasteiger partial charge is 0.127 e. The third-order valence-electron chi connectivity index (χ3n) is 2.53. The SMILES string of the molecule is Fc1ccccc1CSc1ncnc2ccsc12. The molecule has 1 aromatic carbocycles. The molecule has 0 aliphatic carbocycles. The van der Waals surface area contributed by atoms with E-state index in [9.17, 15) is 4.39 Å². The largest absolute Gasteiger partial charge is 0.235 e. The maximum Gasteiger partial charge on any atom is 0.127 e. The molecule has 0 N–H and O–H groups in total. The number of fused-ring (bicyclic) bond motifs is 1. The van der Waals surface area contributed by atoms with E-state index in [1.165, 1.54) is 6.07 Å². The van der Waals surface area contributed by atoms with Crippen molar-refractivity contribution in [3.63, 3.8) is 0 Å². The summed E-state index contributed by atoms with van der Waals surface area (Å²) in [6, 6.07) is 8.80. The minimum atomic E-state index is -0.165. The van der Waals surface area contributed by atoms with E-state index in [-0.39, 0.29) is 5.82 Å². The van der Waals surface area contributed by atoms with Gasteiger partial charge in [0.25, 0.3) is 0 Å². The Kier molecular flexibility index (Phi) is 3.25. The molecule has 3 rings (SSSR count). The molecule has 5 heteroatoms. The van der Waals surface area contributed by atoms with E-state index in [4.69, 9.17) is 0 Å². The summed E-state index contributed by atoms with van der Waals surface area (Å²) in [6.07, 6.45) is 1.55. The number of nitrogens with zero attached hydrogens (tertiary/aromatic N) is 2. The molecule has 0 bridgehead atoms. The average molecular weight is 276 g/mol. The van der Waals surface area contributed by atoms with Gasteiger partial charge in [0.2, 0.25) is 0 Å². The number of rotatable bonds is 3. The van der Waals surface area contributed by atoms with Crippen LogP contribution in [0.2, 0.25) is 0 Å². The van der Waals surface area contributed by atoms with Gasteiger partial charge < -0.3 is 0 Å². The van der Waals surface area contributed by atoms with Crippen molar-refractivity contribution >= 4 is 33.3 Å². The lowest BCUT2D eigenvalue weighted by molar-refractivity contribution is 0.617. The molecule has 2 nitrogen and oxygen atoms in total. The first-order valence-corrected chi connectivity index (χ1v) is 7.25. The van der Waals surface area contributed by atoms with Gasteiger partial charge in [-0.15, -0.1) is 11.3 Å². The fourth-order valence-corrected chi connectivity index (χ4v) is 3.56. The van der Waals surface area contributed by atoms with Crippen LogP contribution in [-0.4, -0.2) is 9.97 Å². The average Bonchev–Trinajstić information content (AvgIpc) is 2.86. The topological polar surface area (TPSA) is 25.8 Å². The summed E-state index contributed by atoms with van der Waals surface area (Å²) in [6.45, 7) is 0. The second-order valence-corrected chi connectivity index (χ2v) is 5.57. The number of hydrogen-bond acceptors (Lipinski definition) is 4. The van der Waals surface area contributed by atoms with Gasteiger partial charge in [-0.1, -0.05) is 30.0 Å². The Hall–Kier alpha value is -1.46. The molecular formula is C13H9FN2S2. The molecule has 90 valence electrons. The van der Waals surface area contributed by atoms with Crippen molar-refractivity contribution in [1.82, 2.24) is 9.97 Å². The third-order valence-corrected chi connectivity index (χ3v) is 4.61. The lowest BCUT2D eigenvalue weighted by atomic mass is 10.2. The Morgan fingerprint density at radius 3 is 2.94 bits per heavy atom. The van der Waals surface area contributed by atoms with Crippen molar-refractivity contribution in [2.24, 2.45) is 0 Å². The summed E-state index contributed by atoms with van der Waals surface area (Å²) in [4.78, 5) is 8.45. The fraction of sp³-hybridized carbons (Fsp3) is 0.0769. The second-order valence-electron chi connectivity index (χ2n) is 3.69. The standard InChI is InChI=1S/C13H9FN2S2/c14-10-4-2-1-3-9(10)7-18-13-12-11(5-6-17-12)15-8-16-13/h1-6,8H,7H2. The minimum absolute atomic E-state index is 0.165. The molecule has 0 unspecified atom stereocenters. The van der Waals surface area contributed by atoms with Crippen molar-refractivity contribution in [3.05, 3.63) is 53.4 Å². The first-order valence-electron chi connectivity index (χ1n) is 5.39. The summed E-state index contributed by atoms with van der Waals surface area (Å²) in [5.41, 5.74) is 1.65. The van der Waals surface area contributed by atoms with Gasteiger partial charge in [-0.3, -0.25) is 0 Å². The van der Waals surface area contributed by atoms with Crippen LogP contribution in [0.4, 0.5) is 4.39 Å². The van der Waals surface area contributed by atoms with Crippen molar-refractivity contribution in [3.8, 4) is 0 Å². The number of hydrogen-bond donors (Lipinski definition) is 0. The van der Waals surface area contributed by atoms with E-state index >= 15 is 0 Å². The maximum atomic E-state index is 13.5. The van der Waals surface area contributed by atoms with Gasteiger partial charge in [-0.25, -0.2) is 14.4 Å². The Morgan fingerprint density at radius 1 is 1.17 bits per heavy atom. The lowest BCUT2D eigenvalue weighted by Gasteiger charge is -2.03. The molecule has 0 aliphatic heterocycles. The van der Waals surface area contributed by atoms with E-state index in [0.717, 1.165) is 15.2 Å². The fourth-order valence-electron chi connectivity index (χ4n) is 1.63. The highest BCUT2D eigenvalue weighted by Gasteiger charge is 2.07. The Balaban J connectivity index is 1.85. The number of thioether (sulfide) groups is 1. The van der Waals surface area contributed by atoms with E-state index in [1.54, 1.807) is 41.6 Å². The second kappa shape index (κ2) is 5.04. The third kappa shape index (κ3) is 2.23. The van der Waals surface area contributed by atoms with Crippen LogP contribution in [0, 0.1) is 5.82 Å². The number of halogens is 1. The number of thiophene rings is 1. The van der Waals surface area contributed by atoms with Crippen molar-refractivity contribution in [1.29, 1.82) is 0 Å². The summed E-state index contributed by atoms with van der Waals surface area (Å²) >= 11 is 3.15. The molecular weight excluding hydrogens is 267 g/mol. The highest BCUT2D eigenvalue weighted by atomic mass is 32.2. The van der Waals surface area contributed by atoms with Crippen molar-refractivity contribution < 1.29 is 4.39 Å².